The molecular formula is C20H23NO2. The van der Waals surface area contributed by atoms with Gasteiger partial charge >= 0.3 is 0 Å². The van der Waals surface area contributed by atoms with E-state index in [2.05, 4.69) is 12.2 Å². The largest absolute Gasteiger partial charge is 0.497 e. The molecule has 0 radical (unpaired) electrons. The molecule has 0 heterocycles. The van der Waals surface area contributed by atoms with Crippen LogP contribution in [0.2, 0.25) is 0 Å². The van der Waals surface area contributed by atoms with Gasteiger partial charge in [-0.1, -0.05) is 42.0 Å². The van der Waals surface area contributed by atoms with E-state index < -0.39 is 0 Å². The fourth-order valence-electron chi connectivity index (χ4n) is 2.83. The second-order valence-corrected chi connectivity index (χ2v) is 6.32. The lowest BCUT2D eigenvalue weighted by atomic mass is 10.0. The van der Waals surface area contributed by atoms with Crippen LogP contribution in [0.1, 0.15) is 35.6 Å². The molecule has 0 spiro atoms. The number of hydrogen-bond donors (Lipinski definition) is 1. The van der Waals surface area contributed by atoms with E-state index in [1.54, 1.807) is 7.11 Å². The van der Waals surface area contributed by atoms with Gasteiger partial charge in [-0.25, -0.2) is 0 Å². The zero-order chi connectivity index (χ0) is 16.2. The third-order valence-corrected chi connectivity index (χ3v) is 4.37. The summed E-state index contributed by atoms with van der Waals surface area (Å²) < 4.78 is 5.21. The molecule has 0 saturated heterocycles. The molecule has 1 unspecified atom stereocenters. The molecule has 3 nitrogen and oxygen atoms in total. The normalized spacial score (nSPS) is 15.0. The van der Waals surface area contributed by atoms with Gasteiger partial charge in [0.05, 0.1) is 19.6 Å². The van der Waals surface area contributed by atoms with Crippen LogP contribution in [0, 0.1) is 12.8 Å². The Morgan fingerprint density at radius 3 is 2.35 bits per heavy atom. The zero-order valence-corrected chi connectivity index (χ0v) is 13.7. The van der Waals surface area contributed by atoms with E-state index in [0.717, 1.165) is 16.9 Å². The van der Waals surface area contributed by atoms with Gasteiger partial charge in [0.25, 0.3) is 0 Å². The summed E-state index contributed by atoms with van der Waals surface area (Å²) in [7, 11) is 1.66. The van der Waals surface area contributed by atoms with E-state index in [4.69, 9.17) is 4.74 Å². The van der Waals surface area contributed by atoms with Gasteiger partial charge in [-0.05, 0) is 48.9 Å². The van der Waals surface area contributed by atoms with Crippen molar-refractivity contribution in [2.75, 3.05) is 7.11 Å². The highest BCUT2D eigenvalue weighted by Gasteiger charge is 2.33. The lowest BCUT2D eigenvalue weighted by Gasteiger charge is -2.19. The Labute approximate surface area is 137 Å². The molecule has 0 aromatic heterocycles. The fourth-order valence-corrected chi connectivity index (χ4v) is 2.83. The molecule has 1 amide bonds. The maximum atomic E-state index is 12.4. The summed E-state index contributed by atoms with van der Waals surface area (Å²) in [5.74, 6) is 1.49. The molecule has 1 N–H and O–H groups in total. The van der Waals surface area contributed by atoms with Gasteiger partial charge in [0.15, 0.2) is 0 Å². The Hall–Kier alpha value is -2.29. The van der Waals surface area contributed by atoms with Crippen molar-refractivity contribution >= 4 is 5.91 Å². The number of aryl methyl sites for hydroxylation is 1. The van der Waals surface area contributed by atoms with Crippen LogP contribution in [0.15, 0.2) is 48.5 Å². The maximum absolute atomic E-state index is 12.4. The average Bonchev–Trinajstić information content (AvgIpc) is 3.40. The van der Waals surface area contributed by atoms with Crippen LogP contribution in [-0.2, 0) is 11.2 Å². The van der Waals surface area contributed by atoms with Crippen LogP contribution < -0.4 is 10.1 Å². The van der Waals surface area contributed by atoms with Crippen LogP contribution in [0.4, 0.5) is 0 Å². The third kappa shape index (κ3) is 4.13. The van der Waals surface area contributed by atoms with Crippen molar-refractivity contribution in [3.63, 3.8) is 0 Å². The maximum Gasteiger partial charge on any atom is 0.224 e. The molecule has 3 rings (SSSR count). The quantitative estimate of drug-likeness (QED) is 0.881. The average molecular weight is 309 g/mol. The van der Waals surface area contributed by atoms with E-state index >= 15 is 0 Å². The molecule has 0 bridgehead atoms. The number of methoxy groups -OCH3 is 1. The summed E-state index contributed by atoms with van der Waals surface area (Å²) in [5, 5.41) is 3.22. The number of rotatable bonds is 6. The summed E-state index contributed by atoms with van der Waals surface area (Å²) in [5.41, 5.74) is 3.42. The first-order valence-corrected chi connectivity index (χ1v) is 8.14. The molecule has 1 saturated carbocycles. The zero-order valence-electron chi connectivity index (χ0n) is 13.7. The Kier molecular flexibility index (Phi) is 4.65. The standard InChI is InChI=1S/C20H23NO2/c1-14-3-5-15(6-4-14)13-19(22)21-20(16-7-8-16)17-9-11-18(23-2)12-10-17/h3-6,9-12,16,20H,7-8,13H2,1-2H3,(H,21,22). The number of carbonyl (C=O) groups is 1. The van der Waals surface area contributed by atoms with Crippen molar-refractivity contribution < 1.29 is 9.53 Å². The molecule has 23 heavy (non-hydrogen) atoms. The highest BCUT2D eigenvalue weighted by Crippen LogP contribution is 2.41. The van der Waals surface area contributed by atoms with Crippen LogP contribution >= 0.6 is 0 Å². The first kappa shape index (κ1) is 15.6. The monoisotopic (exact) mass is 309 g/mol. The number of ether oxygens (including phenoxy) is 1. The van der Waals surface area contributed by atoms with Gasteiger partial charge in [-0.15, -0.1) is 0 Å². The smallest absolute Gasteiger partial charge is 0.224 e. The highest BCUT2D eigenvalue weighted by molar-refractivity contribution is 5.79. The van der Waals surface area contributed by atoms with Crippen molar-refractivity contribution in [3.05, 3.63) is 65.2 Å². The molecule has 1 atom stereocenters. The minimum absolute atomic E-state index is 0.0848. The van der Waals surface area contributed by atoms with Gasteiger partial charge in [0.2, 0.25) is 5.91 Å². The van der Waals surface area contributed by atoms with E-state index in [0.29, 0.717) is 12.3 Å². The SMILES string of the molecule is COc1ccc(C(NC(=O)Cc2ccc(C)cc2)C2CC2)cc1. The summed E-state index contributed by atoms with van der Waals surface area (Å²) in [6.45, 7) is 2.05. The lowest BCUT2D eigenvalue weighted by Crippen LogP contribution is -2.31. The van der Waals surface area contributed by atoms with Gasteiger partial charge in [0.1, 0.15) is 5.75 Å². The minimum Gasteiger partial charge on any atom is -0.497 e. The van der Waals surface area contributed by atoms with Crippen LogP contribution in [0.5, 0.6) is 5.75 Å². The van der Waals surface area contributed by atoms with Gasteiger partial charge in [-0.3, -0.25) is 4.79 Å². The van der Waals surface area contributed by atoms with Crippen LogP contribution in [-0.4, -0.2) is 13.0 Å². The summed E-state index contributed by atoms with van der Waals surface area (Å²) in [6, 6.07) is 16.3. The fraction of sp³-hybridized carbons (Fsp3) is 0.350. The molecule has 2 aromatic carbocycles. The summed E-state index contributed by atoms with van der Waals surface area (Å²) in [6.07, 6.45) is 2.79. The molecular weight excluding hydrogens is 286 g/mol. The Balaban J connectivity index is 1.66. The second kappa shape index (κ2) is 6.86. The predicted molar refractivity (Wildman–Crippen MR) is 91.5 cm³/mol. The van der Waals surface area contributed by atoms with Crippen LogP contribution in [0.3, 0.4) is 0 Å². The highest BCUT2D eigenvalue weighted by atomic mass is 16.5. The van der Waals surface area contributed by atoms with Crippen molar-refractivity contribution in [1.82, 2.24) is 5.32 Å². The van der Waals surface area contributed by atoms with E-state index in [1.807, 2.05) is 48.5 Å². The van der Waals surface area contributed by atoms with Gasteiger partial charge < -0.3 is 10.1 Å². The lowest BCUT2D eigenvalue weighted by molar-refractivity contribution is -0.121. The van der Waals surface area contributed by atoms with Gasteiger partial charge in [-0.2, -0.15) is 0 Å². The van der Waals surface area contributed by atoms with Crippen molar-refractivity contribution in [1.29, 1.82) is 0 Å². The van der Waals surface area contributed by atoms with E-state index in [1.165, 1.54) is 18.4 Å². The Morgan fingerprint density at radius 1 is 1.13 bits per heavy atom. The topological polar surface area (TPSA) is 38.3 Å². The van der Waals surface area contributed by atoms with Gasteiger partial charge in [0, 0.05) is 0 Å². The molecule has 2 aromatic rings. The Bertz CT molecular complexity index is 657. The number of amides is 1. The molecule has 120 valence electrons. The predicted octanol–water partition coefficient (Wildman–Crippen LogP) is 3.81. The van der Waals surface area contributed by atoms with Crippen LogP contribution in [0.25, 0.3) is 0 Å². The Morgan fingerprint density at radius 2 is 1.78 bits per heavy atom. The van der Waals surface area contributed by atoms with E-state index in [-0.39, 0.29) is 11.9 Å². The second-order valence-electron chi connectivity index (χ2n) is 6.32. The molecule has 3 heteroatoms. The molecule has 1 aliphatic rings. The van der Waals surface area contributed by atoms with E-state index in [9.17, 15) is 4.79 Å². The summed E-state index contributed by atoms with van der Waals surface area (Å²) in [4.78, 5) is 12.4. The minimum atomic E-state index is 0.0848. The summed E-state index contributed by atoms with van der Waals surface area (Å²) >= 11 is 0. The number of carbonyl (C=O) groups excluding carboxylic acids is 1. The first-order valence-electron chi connectivity index (χ1n) is 8.14. The number of nitrogens with one attached hydrogen (secondary N) is 1. The number of hydrogen-bond acceptors (Lipinski definition) is 2. The van der Waals surface area contributed by atoms with Crippen molar-refractivity contribution in [3.8, 4) is 5.75 Å². The molecule has 1 fully saturated rings. The van der Waals surface area contributed by atoms with Crippen molar-refractivity contribution in [2.24, 2.45) is 5.92 Å². The molecule has 0 aliphatic heterocycles. The van der Waals surface area contributed by atoms with Crippen molar-refractivity contribution in [2.45, 2.75) is 32.2 Å². The number of benzene rings is 2. The first-order chi connectivity index (χ1) is 11.2. The molecule has 1 aliphatic carbocycles. The third-order valence-electron chi connectivity index (χ3n) is 4.37.